The van der Waals surface area contributed by atoms with Crippen LogP contribution in [0.2, 0.25) is 5.02 Å². The van der Waals surface area contributed by atoms with Crippen molar-refractivity contribution in [2.24, 2.45) is 0 Å². The number of nitrogens with zero attached hydrogens (tertiary/aromatic N) is 4. The minimum absolute atomic E-state index is 0. The number of piperazine rings is 1. The molecule has 0 radical (unpaired) electrons. The van der Waals surface area contributed by atoms with Gasteiger partial charge in [0.25, 0.3) is 0 Å². The van der Waals surface area contributed by atoms with E-state index in [0.29, 0.717) is 12.0 Å². The van der Waals surface area contributed by atoms with Gasteiger partial charge in [-0.2, -0.15) is 5.10 Å². The molecule has 2 heterocycles. The molecule has 158 valence electrons. The van der Waals surface area contributed by atoms with Gasteiger partial charge in [-0.3, -0.25) is 9.69 Å². The van der Waals surface area contributed by atoms with Crippen molar-refractivity contribution in [1.82, 2.24) is 14.7 Å². The molecule has 0 amide bonds. The molecule has 7 heteroatoms. The van der Waals surface area contributed by atoms with E-state index in [9.17, 15) is 4.79 Å². The van der Waals surface area contributed by atoms with Crippen LogP contribution < -0.4 is 4.90 Å². The van der Waals surface area contributed by atoms with Crippen LogP contribution >= 0.6 is 24.0 Å². The van der Waals surface area contributed by atoms with E-state index < -0.39 is 0 Å². The zero-order chi connectivity index (χ0) is 20.2. The van der Waals surface area contributed by atoms with Crippen LogP contribution in [0.5, 0.6) is 0 Å². The summed E-state index contributed by atoms with van der Waals surface area (Å²) < 4.78 is 1.83. The molecule has 0 saturated carbocycles. The summed E-state index contributed by atoms with van der Waals surface area (Å²) in [7, 11) is 0. The highest BCUT2D eigenvalue weighted by Gasteiger charge is 2.21. The fraction of sp³-hybridized carbons (Fsp3) is 0.304. The van der Waals surface area contributed by atoms with Crippen molar-refractivity contribution >= 4 is 35.5 Å². The Balaban J connectivity index is 0.00000256. The highest BCUT2D eigenvalue weighted by molar-refractivity contribution is 6.33. The van der Waals surface area contributed by atoms with Gasteiger partial charge in [0.15, 0.2) is 5.78 Å². The van der Waals surface area contributed by atoms with Gasteiger partial charge in [-0.05, 0) is 31.2 Å². The highest BCUT2D eigenvalue weighted by Crippen LogP contribution is 2.26. The second kappa shape index (κ2) is 10.1. The van der Waals surface area contributed by atoms with Crippen LogP contribution in [0.3, 0.4) is 0 Å². The van der Waals surface area contributed by atoms with Crippen molar-refractivity contribution in [1.29, 1.82) is 0 Å². The first kappa shape index (κ1) is 22.3. The van der Waals surface area contributed by atoms with Crippen LogP contribution in [0.25, 0.3) is 5.69 Å². The van der Waals surface area contributed by atoms with E-state index in [2.05, 4.69) is 21.0 Å². The lowest BCUT2D eigenvalue weighted by Crippen LogP contribution is -2.47. The van der Waals surface area contributed by atoms with Gasteiger partial charge in [0, 0.05) is 39.1 Å². The number of hydrogen-bond acceptors (Lipinski definition) is 4. The lowest BCUT2D eigenvalue weighted by Gasteiger charge is -2.36. The number of carbonyl (C=O) groups is 1. The minimum Gasteiger partial charge on any atom is -0.368 e. The average molecular weight is 445 g/mol. The van der Waals surface area contributed by atoms with Gasteiger partial charge in [-0.25, -0.2) is 4.68 Å². The number of para-hydroxylation sites is 2. The molecular weight excluding hydrogens is 419 g/mol. The van der Waals surface area contributed by atoms with Gasteiger partial charge in [-0.15, -0.1) is 12.4 Å². The quantitative estimate of drug-likeness (QED) is 0.518. The lowest BCUT2D eigenvalue weighted by atomic mass is 10.1. The number of rotatable bonds is 6. The van der Waals surface area contributed by atoms with Gasteiger partial charge < -0.3 is 4.90 Å². The number of ketones is 1. The SMILES string of the molecule is Cc1c(C(=O)CCN2CCN(c3ccccc3Cl)CC2)cnn1-c1ccccc1.Cl. The Morgan fingerprint density at radius 1 is 1.00 bits per heavy atom. The first-order valence-electron chi connectivity index (χ1n) is 9.98. The monoisotopic (exact) mass is 444 g/mol. The molecule has 1 aliphatic rings. The van der Waals surface area contributed by atoms with Crippen LogP contribution in [-0.4, -0.2) is 53.2 Å². The summed E-state index contributed by atoms with van der Waals surface area (Å²) in [5, 5.41) is 5.21. The van der Waals surface area contributed by atoms with E-state index in [1.807, 2.05) is 60.1 Å². The number of aromatic nitrogens is 2. The molecular formula is C23H26Cl2N4O. The maximum absolute atomic E-state index is 12.8. The second-order valence-corrected chi connectivity index (χ2v) is 7.75. The van der Waals surface area contributed by atoms with Crippen molar-refractivity contribution in [2.45, 2.75) is 13.3 Å². The molecule has 3 aromatic rings. The first-order valence-corrected chi connectivity index (χ1v) is 10.4. The topological polar surface area (TPSA) is 41.4 Å². The lowest BCUT2D eigenvalue weighted by molar-refractivity contribution is 0.0962. The van der Waals surface area contributed by atoms with Crippen LogP contribution in [0, 0.1) is 6.92 Å². The van der Waals surface area contributed by atoms with Crippen molar-refractivity contribution in [3.05, 3.63) is 77.1 Å². The number of carbonyl (C=O) groups excluding carboxylic acids is 1. The number of halogens is 2. The van der Waals surface area contributed by atoms with E-state index in [4.69, 9.17) is 11.6 Å². The third-order valence-electron chi connectivity index (χ3n) is 5.53. The Kier molecular flexibility index (Phi) is 7.53. The average Bonchev–Trinajstić information content (AvgIpc) is 3.15. The van der Waals surface area contributed by atoms with Gasteiger partial charge in [0.1, 0.15) is 0 Å². The molecule has 1 saturated heterocycles. The number of anilines is 1. The van der Waals surface area contributed by atoms with Crippen LogP contribution in [0.15, 0.2) is 60.8 Å². The molecule has 0 atom stereocenters. The Labute approximate surface area is 188 Å². The van der Waals surface area contributed by atoms with Gasteiger partial charge in [0.2, 0.25) is 0 Å². The van der Waals surface area contributed by atoms with E-state index >= 15 is 0 Å². The molecule has 0 bridgehead atoms. The van der Waals surface area contributed by atoms with E-state index in [1.54, 1.807) is 6.20 Å². The molecule has 2 aromatic carbocycles. The molecule has 1 aliphatic heterocycles. The molecule has 1 aromatic heterocycles. The van der Waals surface area contributed by atoms with E-state index in [-0.39, 0.29) is 18.2 Å². The second-order valence-electron chi connectivity index (χ2n) is 7.34. The van der Waals surface area contributed by atoms with Crippen molar-refractivity contribution in [2.75, 3.05) is 37.6 Å². The third kappa shape index (κ3) is 4.86. The fourth-order valence-corrected chi connectivity index (χ4v) is 4.08. The van der Waals surface area contributed by atoms with Crippen LogP contribution in [0.1, 0.15) is 22.5 Å². The molecule has 0 aliphatic carbocycles. The zero-order valence-corrected chi connectivity index (χ0v) is 18.6. The van der Waals surface area contributed by atoms with Crippen molar-refractivity contribution in [3.8, 4) is 5.69 Å². The summed E-state index contributed by atoms with van der Waals surface area (Å²) in [6.07, 6.45) is 2.20. The molecule has 0 spiro atoms. The number of Topliss-reactive ketones (excluding diaryl/α,β-unsaturated/α-hetero) is 1. The Bertz CT molecular complexity index is 982. The smallest absolute Gasteiger partial charge is 0.167 e. The summed E-state index contributed by atoms with van der Waals surface area (Å²) in [6, 6.07) is 17.9. The summed E-state index contributed by atoms with van der Waals surface area (Å²) in [4.78, 5) is 17.4. The summed E-state index contributed by atoms with van der Waals surface area (Å²) >= 11 is 6.32. The maximum Gasteiger partial charge on any atom is 0.167 e. The van der Waals surface area contributed by atoms with Gasteiger partial charge in [0.05, 0.1) is 33.9 Å². The van der Waals surface area contributed by atoms with Crippen molar-refractivity contribution < 1.29 is 4.79 Å². The maximum atomic E-state index is 12.8. The molecule has 1 fully saturated rings. The highest BCUT2D eigenvalue weighted by atomic mass is 35.5. The largest absolute Gasteiger partial charge is 0.368 e. The molecule has 0 N–H and O–H groups in total. The standard InChI is InChI=1S/C23H25ClN4O.ClH/c1-18-20(17-25-28(18)19-7-3-2-4-8-19)23(29)11-12-26-13-15-27(16-14-26)22-10-6-5-9-21(22)24;/h2-10,17H,11-16H2,1H3;1H. The summed E-state index contributed by atoms with van der Waals surface area (Å²) in [6.45, 7) is 6.42. The normalized spacial score (nSPS) is 14.4. The number of benzene rings is 2. The van der Waals surface area contributed by atoms with Crippen molar-refractivity contribution in [3.63, 3.8) is 0 Å². The molecule has 30 heavy (non-hydrogen) atoms. The molecule has 5 nitrogen and oxygen atoms in total. The van der Waals surface area contributed by atoms with Gasteiger partial charge in [-0.1, -0.05) is 41.9 Å². The Morgan fingerprint density at radius 2 is 1.67 bits per heavy atom. The predicted molar refractivity (Wildman–Crippen MR) is 125 cm³/mol. The molecule has 0 unspecified atom stereocenters. The Hall–Kier alpha value is -2.34. The Morgan fingerprint density at radius 3 is 2.37 bits per heavy atom. The van der Waals surface area contributed by atoms with Gasteiger partial charge >= 0.3 is 0 Å². The molecule has 4 rings (SSSR count). The first-order chi connectivity index (χ1) is 14.1. The summed E-state index contributed by atoms with van der Waals surface area (Å²) in [5.41, 5.74) is 3.67. The van der Waals surface area contributed by atoms with Crippen LogP contribution in [-0.2, 0) is 0 Å². The van der Waals surface area contributed by atoms with Crippen LogP contribution in [0.4, 0.5) is 5.69 Å². The van der Waals surface area contributed by atoms with E-state index in [1.165, 1.54) is 0 Å². The third-order valence-corrected chi connectivity index (χ3v) is 5.85. The predicted octanol–water partition coefficient (Wildman–Crippen LogP) is 4.65. The van der Waals surface area contributed by atoms with E-state index in [0.717, 1.165) is 54.8 Å². The fourth-order valence-electron chi connectivity index (χ4n) is 3.83. The summed E-state index contributed by atoms with van der Waals surface area (Å²) in [5.74, 6) is 0.151. The minimum atomic E-state index is 0. The number of hydrogen-bond donors (Lipinski definition) is 0. The zero-order valence-electron chi connectivity index (χ0n) is 17.0.